The highest BCUT2D eigenvalue weighted by molar-refractivity contribution is 7.48. The molecule has 21 heavy (non-hydrogen) atoms. The van der Waals surface area contributed by atoms with Gasteiger partial charge in [-0.05, 0) is 0 Å². The average Bonchev–Trinajstić information content (AvgIpc) is 2.47. The van der Waals surface area contributed by atoms with Gasteiger partial charge in [0.1, 0.15) is 0 Å². The maximum Gasteiger partial charge on any atom is 0.473 e. The zero-order valence-electron chi connectivity index (χ0n) is 12.4. The third-order valence-electron chi connectivity index (χ3n) is 1.37. The van der Waals surface area contributed by atoms with Crippen molar-refractivity contribution < 1.29 is 55.5 Å². The minimum Gasteiger partial charge on any atom is -0.303 e. The second-order valence-corrected chi connectivity index (χ2v) is 7.51. The van der Waals surface area contributed by atoms with Gasteiger partial charge < -0.3 is 14.7 Å². The predicted octanol–water partition coefficient (Wildman–Crippen LogP) is 1.14. The van der Waals surface area contributed by atoms with E-state index in [0.717, 1.165) is 21.3 Å². The van der Waals surface area contributed by atoms with E-state index in [1.165, 1.54) is 21.3 Å². The zero-order valence-corrected chi connectivity index (χ0v) is 15.0. The van der Waals surface area contributed by atoms with Crippen molar-refractivity contribution in [2.24, 2.45) is 0 Å². The van der Waals surface area contributed by atoms with Crippen molar-refractivity contribution in [1.82, 2.24) is 0 Å². The monoisotopic (exact) mass is 378 g/mol. The Balaban J connectivity index is -0.000000234. The summed E-state index contributed by atoms with van der Waals surface area (Å²) >= 11 is 0. The fourth-order valence-electron chi connectivity index (χ4n) is 0.298. The van der Waals surface area contributed by atoms with Crippen LogP contribution in [0.5, 0.6) is 0 Å². The van der Waals surface area contributed by atoms with Gasteiger partial charge in [0.2, 0.25) is 0 Å². The molecule has 0 fully saturated rings. The van der Waals surface area contributed by atoms with Crippen molar-refractivity contribution in [1.29, 1.82) is 0 Å². The SMILES string of the molecule is COP(=O)(O)O.COP(=O)(O)OC.COP(=O)(OC)OC. The maximum atomic E-state index is 10.7. The van der Waals surface area contributed by atoms with Crippen LogP contribution in [0.1, 0.15) is 0 Å². The summed E-state index contributed by atoms with van der Waals surface area (Å²) in [5.74, 6) is 0. The van der Waals surface area contributed by atoms with Crippen LogP contribution in [0.4, 0.5) is 0 Å². The molecule has 0 saturated heterocycles. The molecule has 3 N–H and O–H groups in total. The number of rotatable bonds is 6. The quantitative estimate of drug-likeness (QED) is 0.565. The fraction of sp³-hybridized carbons (Fsp3) is 1.00. The molecular weight excluding hydrogens is 357 g/mol. The molecule has 132 valence electrons. The molecule has 0 aromatic carbocycles. The van der Waals surface area contributed by atoms with Gasteiger partial charge in [-0.1, -0.05) is 0 Å². The minimum absolute atomic E-state index is 0.945. The fourth-order valence-corrected chi connectivity index (χ4v) is 0.894. The van der Waals surface area contributed by atoms with E-state index in [2.05, 4.69) is 27.1 Å². The molecule has 0 spiro atoms. The van der Waals surface area contributed by atoms with Gasteiger partial charge in [0.25, 0.3) is 0 Å². The first-order valence-electron chi connectivity index (χ1n) is 4.69. The highest BCUT2D eigenvalue weighted by Crippen LogP contribution is 2.46. The van der Waals surface area contributed by atoms with Crippen molar-refractivity contribution in [3.63, 3.8) is 0 Å². The third-order valence-corrected chi connectivity index (χ3v) is 4.11. The Morgan fingerprint density at radius 2 is 0.810 bits per heavy atom. The van der Waals surface area contributed by atoms with Crippen molar-refractivity contribution in [2.75, 3.05) is 42.7 Å². The van der Waals surface area contributed by atoms with Gasteiger partial charge in [-0.25, -0.2) is 13.7 Å². The Labute approximate surface area is 122 Å². The van der Waals surface area contributed by atoms with Gasteiger partial charge in [-0.3, -0.25) is 27.1 Å². The molecule has 0 heterocycles. The number of phosphoric ester groups is 3. The lowest BCUT2D eigenvalue weighted by Gasteiger charge is -2.08. The first-order chi connectivity index (χ1) is 9.36. The average molecular weight is 378 g/mol. The summed E-state index contributed by atoms with van der Waals surface area (Å²) in [5.41, 5.74) is 0. The lowest BCUT2D eigenvalue weighted by Crippen LogP contribution is -1.88. The molecule has 0 aromatic rings. The molecule has 0 aliphatic heterocycles. The van der Waals surface area contributed by atoms with Crippen LogP contribution in [0.3, 0.4) is 0 Å². The van der Waals surface area contributed by atoms with E-state index in [1.54, 1.807) is 0 Å². The van der Waals surface area contributed by atoms with Crippen LogP contribution in [0.25, 0.3) is 0 Å². The van der Waals surface area contributed by atoms with Gasteiger partial charge in [0.15, 0.2) is 0 Å². The molecule has 15 heteroatoms. The molecule has 0 aromatic heterocycles. The summed E-state index contributed by atoms with van der Waals surface area (Å²) < 4.78 is 54.8. The normalized spacial score (nSPS) is 11.9. The second-order valence-electron chi connectivity index (χ2n) is 2.50. The van der Waals surface area contributed by atoms with Crippen LogP contribution in [0.2, 0.25) is 0 Å². The van der Waals surface area contributed by atoms with Gasteiger partial charge in [-0.15, -0.1) is 0 Å². The van der Waals surface area contributed by atoms with Crippen LogP contribution in [0.15, 0.2) is 0 Å². The Bertz CT molecular complexity index is 350. The smallest absolute Gasteiger partial charge is 0.303 e. The Hall–Kier alpha value is 0.330. The van der Waals surface area contributed by atoms with Gasteiger partial charge >= 0.3 is 23.5 Å². The molecular formula is C6H21O12P3. The molecule has 0 unspecified atom stereocenters. The molecule has 0 amide bonds. The second kappa shape index (κ2) is 12.8. The van der Waals surface area contributed by atoms with E-state index in [9.17, 15) is 13.7 Å². The number of hydrogen-bond acceptors (Lipinski definition) is 9. The van der Waals surface area contributed by atoms with E-state index < -0.39 is 23.5 Å². The van der Waals surface area contributed by atoms with Gasteiger partial charge in [0, 0.05) is 42.7 Å². The van der Waals surface area contributed by atoms with E-state index >= 15 is 0 Å². The lowest BCUT2D eigenvalue weighted by molar-refractivity contribution is 0.178. The highest BCUT2D eigenvalue weighted by atomic mass is 31.2. The van der Waals surface area contributed by atoms with Crippen molar-refractivity contribution in [3.05, 3.63) is 0 Å². The molecule has 0 aliphatic carbocycles. The van der Waals surface area contributed by atoms with Crippen LogP contribution < -0.4 is 0 Å². The first-order valence-corrected chi connectivity index (χ1v) is 9.18. The Morgan fingerprint density at radius 3 is 0.810 bits per heavy atom. The van der Waals surface area contributed by atoms with E-state index in [0.29, 0.717) is 0 Å². The largest absolute Gasteiger partial charge is 0.473 e. The maximum absolute atomic E-state index is 10.7. The van der Waals surface area contributed by atoms with E-state index in [4.69, 9.17) is 14.7 Å². The molecule has 0 atom stereocenters. The van der Waals surface area contributed by atoms with E-state index in [1.807, 2.05) is 0 Å². The molecule has 0 radical (unpaired) electrons. The first kappa shape index (κ1) is 26.2. The molecule has 0 bridgehead atoms. The van der Waals surface area contributed by atoms with Crippen molar-refractivity contribution >= 4 is 23.5 Å². The summed E-state index contributed by atoms with van der Waals surface area (Å²) in [5, 5.41) is 0. The van der Waals surface area contributed by atoms with Crippen LogP contribution in [0, 0.1) is 0 Å². The Morgan fingerprint density at radius 1 is 0.571 bits per heavy atom. The summed E-state index contributed by atoms with van der Waals surface area (Å²) in [6.07, 6.45) is 0. The topological polar surface area (TPSA) is 167 Å². The summed E-state index contributed by atoms with van der Waals surface area (Å²) in [6, 6.07) is 0. The summed E-state index contributed by atoms with van der Waals surface area (Å²) in [4.78, 5) is 23.7. The predicted molar refractivity (Wildman–Crippen MR) is 71.5 cm³/mol. The lowest BCUT2D eigenvalue weighted by atomic mass is 11.8. The number of hydrogen-bond donors (Lipinski definition) is 3. The van der Waals surface area contributed by atoms with Gasteiger partial charge in [-0.2, -0.15) is 0 Å². The third kappa shape index (κ3) is 20.3. The molecule has 0 rings (SSSR count). The highest BCUT2D eigenvalue weighted by Gasteiger charge is 2.18. The van der Waals surface area contributed by atoms with E-state index in [-0.39, 0.29) is 0 Å². The van der Waals surface area contributed by atoms with Crippen molar-refractivity contribution in [2.45, 2.75) is 0 Å². The van der Waals surface area contributed by atoms with Crippen LogP contribution in [-0.4, -0.2) is 57.3 Å². The standard InChI is InChI=1S/C3H9O4P.C2H7O4P.CH5O4P/c1-5-8(4,6-2)7-3;1-5-7(3,4)6-2;1-5-6(2,3)4/h1-3H3;1-2H3,(H,3,4);1H3,(H2,2,3,4). The minimum atomic E-state index is -4.15. The summed E-state index contributed by atoms with van der Waals surface area (Å²) in [7, 11) is -4.04. The van der Waals surface area contributed by atoms with Gasteiger partial charge in [0.05, 0.1) is 0 Å². The van der Waals surface area contributed by atoms with Crippen LogP contribution in [-0.2, 0) is 40.8 Å². The Kier molecular flexibility index (Phi) is 16.0. The zero-order chi connectivity index (χ0) is 17.7. The molecule has 0 saturated carbocycles. The summed E-state index contributed by atoms with van der Waals surface area (Å²) in [6.45, 7) is 0. The van der Waals surface area contributed by atoms with Crippen molar-refractivity contribution in [3.8, 4) is 0 Å². The molecule has 0 aliphatic rings. The number of phosphoric acid groups is 3. The van der Waals surface area contributed by atoms with Crippen LogP contribution >= 0.6 is 23.5 Å². The molecule has 12 nitrogen and oxygen atoms in total.